The van der Waals surface area contributed by atoms with Crippen LogP contribution in [0.1, 0.15) is 43.6 Å². The number of sulfonamides is 1. The maximum Gasteiger partial charge on any atom is 0.229 e. The summed E-state index contributed by atoms with van der Waals surface area (Å²) in [6.07, 6.45) is 7.65. The Morgan fingerprint density at radius 2 is 1.67 bits per heavy atom. The Kier molecular flexibility index (Phi) is 4.22. The van der Waals surface area contributed by atoms with E-state index in [2.05, 4.69) is 21.8 Å². The number of nitrogens with zero attached hydrogens (tertiary/aromatic N) is 1. The molecule has 5 heteroatoms. The van der Waals surface area contributed by atoms with E-state index in [4.69, 9.17) is 0 Å². The highest BCUT2D eigenvalue weighted by molar-refractivity contribution is 7.92. The van der Waals surface area contributed by atoms with Gasteiger partial charge in [-0.25, -0.2) is 8.42 Å². The molecule has 3 rings (SSSR count). The highest BCUT2D eigenvalue weighted by Crippen LogP contribution is 2.36. The minimum atomic E-state index is -3.18. The van der Waals surface area contributed by atoms with E-state index < -0.39 is 10.0 Å². The van der Waals surface area contributed by atoms with Crippen molar-refractivity contribution < 1.29 is 8.42 Å². The first-order chi connectivity index (χ1) is 10.0. The van der Waals surface area contributed by atoms with E-state index in [1.54, 1.807) is 0 Å². The fraction of sp³-hybridized carbons (Fsp3) is 0.625. The number of hydrogen-bond donors (Lipinski definition) is 1. The molecule has 21 heavy (non-hydrogen) atoms. The molecule has 1 heterocycles. The molecule has 1 aromatic carbocycles. The Hall–Kier alpha value is -1.07. The van der Waals surface area contributed by atoms with Gasteiger partial charge in [0, 0.05) is 11.7 Å². The largest absolute Gasteiger partial charge is 0.300 e. The Labute approximate surface area is 127 Å². The zero-order chi connectivity index (χ0) is 14.9. The first-order valence-electron chi connectivity index (χ1n) is 7.83. The second-order valence-electron chi connectivity index (χ2n) is 6.39. The maximum atomic E-state index is 11.2. The van der Waals surface area contributed by atoms with Gasteiger partial charge >= 0.3 is 0 Å². The molecule has 1 N–H and O–H groups in total. The quantitative estimate of drug-likeness (QED) is 0.930. The average Bonchev–Trinajstić information content (AvgIpc) is 2.37. The smallest absolute Gasteiger partial charge is 0.229 e. The third-order valence-corrected chi connectivity index (χ3v) is 5.40. The van der Waals surface area contributed by atoms with Crippen molar-refractivity contribution in [3.63, 3.8) is 0 Å². The molecule has 1 aliphatic heterocycles. The highest BCUT2D eigenvalue weighted by atomic mass is 32.2. The Bertz CT molecular complexity index is 571. The van der Waals surface area contributed by atoms with Gasteiger partial charge in [0.2, 0.25) is 10.0 Å². The van der Waals surface area contributed by atoms with Crippen LogP contribution in [0.2, 0.25) is 0 Å². The molecule has 4 nitrogen and oxygen atoms in total. The van der Waals surface area contributed by atoms with Gasteiger partial charge in [-0.3, -0.25) is 4.72 Å². The van der Waals surface area contributed by atoms with Crippen LogP contribution in [0.15, 0.2) is 24.3 Å². The summed E-state index contributed by atoms with van der Waals surface area (Å²) >= 11 is 0. The molecule has 116 valence electrons. The lowest BCUT2D eigenvalue weighted by molar-refractivity contribution is 0.0869. The van der Waals surface area contributed by atoms with E-state index in [0.29, 0.717) is 11.6 Å². The highest BCUT2D eigenvalue weighted by Gasteiger charge is 2.29. The first-order valence-corrected chi connectivity index (χ1v) is 9.72. The summed E-state index contributed by atoms with van der Waals surface area (Å²) in [5.74, 6) is 0.634. The second kappa shape index (κ2) is 5.97. The topological polar surface area (TPSA) is 49.4 Å². The minimum absolute atomic E-state index is 0.634. The third kappa shape index (κ3) is 3.77. The minimum Gasteiger partial charge on any atom is -0.300 e. The molecular weight excluding hydrogens is 284 g/mol. The SMILES string of the molecule is CS(=O)(=O)Nc1ccc(C2CCC(N3CCC3)CC2)cc1. The first kappa shape index (κ1) is 14.9. The molecule has 0 atom stereocenters. The predicted octanol–water partition coefficient (Wildman–Crippen LogP) is 2.79. The number of benzene rings is 1. The van der Waals surface area contributed by atoms with Gasteiger partial charge in [-0.2, -0.15) is 0 Å². The zero-order valence-corrected chi connectivity index (χ0v) is 13.4. The molecule has 2 aliphatic rings. The van der Waals surface area contributed by atoms with Gasteiger partial charge in [0.05, 0.1) is 6.26 Å². The van der Waals surface area contributed by atoms with Gasteiger partial charge in [-0.15, -0.1) is 0 Å². The van der Waals surface area contributed by atoms with Crippen molar-refractivity contribution in [2.75, 3.05) is 24.1 Å². The van der Waals surface area contributed by atoms with Crippen molar-refractivity contribution in [3.8, 4) is 0 Å². The van der Waals surface area contributed by atoms with Crippen molar-refractivity contribution in [1.29, 1.82) is 0 Å². The van der Waals surface area contributed by atoms with Gasteiger partial charge in [0.15, 0.2) is 0 Å². The summed E-state index contributed by atoms with van der Waals surface area (Å²) in [6.45, 7) is 2.59. The number of likely N-dealkylation sites (tertiary alicyclic amines) is 1. The molecule has 0 aromatic heterocycles. The number of hydrogen-bond acceptors (Lipinski definition) is 3. The molecule has 1 saturated heterocycles. The molecular formula is C16H24N2O2S. The molecule has 1 aromatic rings. The van der Waals surface area contributed by atoms with Crippen LogP contribution in [0.4, 0.5) is 5.69 Å². The number of anilines is 1. The van der Waals surface area contributed by atoms with Gasteiger partial charge in [-0.05, 0) is 68.8 Å². The molecule has 0 bridgehead atoms. The van der Waals surface area contributed by atoms with Crippen molar-refractivity contribution in [2.45, 2.75) is 44.1 Å². The zero-order valence-electron chi connectivity index (χ0n) is 12.6. The second-order valence-corrected chi connectivity index (χ2v) is 8.14. The monoisotopic (exact) mass is 308 g/mol. The van der Waals surface area contributed by atoms with E-state index in [0.717, 1.165) is 6.04 Å². The lowest BCUT2D eigenvalue weighted by Gasteiger charge is -2.42. The molecule has 0 spiro atoms. The van der Waals surface area contributed by atoms with Gasteiger partial charge in [-0.1, -0.05) is 12.1 Å². The number of rotatable bonds is 4. The van der Waals surface area contributed by atoms with Crippen LogP contribution in [-0.2, 0) is 10.0 Å². The van der Waals surface area contributed by atoms with Crippen LogP contribution in [0, 0.1) is 0 Å². The van der Waals surface area contributed by atoms with Crippen LogP contribution in [0.25, 0.3) is 0 Å². The molecule has 0 amide bonds. The lowest BCUT2D eigenvalue weighted by atomic mass is 9.80. The third-order valence-electron chi connectivity index (χ3n) is 4.79. The van der Waals surface area contributed by atoms with Crippen molar-refractivity contribution in [2.24, 2.45) is 0 Å². The van der Waals surface area contributed by atoms with Gasteiger partial charge < -0.3 is 4.90 Å². The summed E-state index contributed by atoms with van der Waals surface area (Å²) in [6, 6.07) is 8.70. The molecule has 2 fully saturated rings. The van der Waals surface area contributed by atoms with Gasteiger partial charge in [0.25, 0.3) is 0 Å². The summed E-state index contributed by atoms with van der Waals surface area (Å²) in [5, 5.41) is 0. The average molecular weight is 308 g/mol. The van der Waals surface area contributed by atoms with E-state index in [9.17, 15) is 8.42 Å². The molecule has 1 aliphatic carbocycles. The van der Waals surface area contributed by atoms with E-state index in [1.807, 2.05) is 12.1 Å². The van der Waals surface area contributed by atoms with Crippen LogP contribution >= 0.6 is 0 Å². The van der Waals surface area contributed by atoms with Crippen LogP contribution in [0.3, 0.4) is 0 Å². The van der Waals surface area contributed by atoms with E-state index >= 15 is 0 Å². The predicted molar refractivity (Wildman–Crippen MR) is 86.1 cm³/mol. The summed E-state index contributed by atoms with van der Waals surface area (Å²) in [5.41, 5.74) is 1.99. The van der Waals surface area contributed by atoms with Crippen LogP contribution in [-0.4, -0.2) is 38.7 Å². The van der Waals surface area contributed by atoms with Crippen molar-refractivity contribution in [1.82, 2.24) is 4.90 Å². The Balaban J connectivity index is 1.57. The molecule has 1 saturated carbocycles. The van der Waals surface area contributed by atoms with Gasteiger partial charge in [0.1, 0.15) is 0 Å². The van der Waals surface area contributed by atoms with E-state index in [-0.39, 0.29) is 0 Å². The standard InChI is InChI=1S/C16H24N2O2S/c1-21(19,20)17-15-7-3-13(4-8-15)14-5-9-16(10-6-14)18-11-2-12-18/h3-4,7-8,14,16-17H,2,5-6,9-12H2,1H3. The lowest BCUT2D eigenvalue weighted by Crippen LogP contribution is -2.46. The Morgan fingerprint density at radius 1 is 1.05 bits per heavy atom. The van der Waals surface area contributed by atoms with E-state index in [1.165, 1.54) is 57.0 Å². The fourth-order valence-corrected chi connectivity index (χ4v) is 4.08. The molecule has 0 unspecified atom stereocenters. The summed E-state index contributed by atoms with van der Waals surface area (Å²) < 4.78 is 24.9. The summed E-state index contributed by atoms with van der Waals surface area (Å²) in [4.78, 5) is 2.62. The van der Waals surface area contributed by atoms with Crippen molar-refractivity contribution in [3.05, 3.63) is 29.8 Å². The Morgan fingerprint density at radius 3 is 2.14 bits per heavy atom. The maximum absolute atomic E-state index is 11.2. The summed E-state index contributed by atoms with van der Waals surface area (Å²) in [7, 11) is -3.18. The number of nitrogens with one attached hydrogen (secondary N) is 1. The normalized spacial score (nSPS) is 27.1. The van der Waals surface area contributed by atoms with Crippen molar-refractivity contribution >= 4 is 15.7 Å². The molecule has 0 radical (unpaired) electrons. The van der Waals surface area contributed by atoms with Crippen LogP contribution in [0.5, 0.6) is 0 Å². The fourth-order valence-electron chi connectivity index (χ4n) is 3.52. The van der Waals surface area contributed by atoms with Crippen LogP contribution < -0.4 is 4.72 Å².